The Bertz CT molecular complexity index is 936. The third kappa shape index (κ3) is 5.06. The summed E-state index contributed by atoms with van der Waals surface area (Å²) in [6.07, 6.45) is -3.62. The number of hydrogen-bond acceptors (Lipinski definition) is 2. The first-order chi connectivity index (χ1) is 13.4. The number of aromatic nitrogens is 1. The third-order valence-corrected chi connectivity index (χ3v) is 4.55. The van der Waals surface area contributed by atoms with Crippen LogP contribution in [0, 0.1) is 0 Å². The van der Waals surface area contributed by atoms with Crippen molar-refractivity contribution >= 4 is 16.8 Å². The van der Waals surface area contributed by atoms with Gasteiger partial charge in [-0.15, -0.1) is 0 Å². The molecule has 28 heavy (non-hydrogen) atoms. The minimum atomic E-state index is -4.32. The smallest absolute Gasteiger partial charge is 0.390 e. The number of nitrogens with zero attached hydrogens (tertiary/aromatic N) is 1. The van der Waals surface area contributed by atoms with Crippen LogP contribution in [-0.4, -0.2) is 35.6 Å². The Morgan fingerprint density at radius 2 is 1.89 bits per heavy atom. The van der Waals surface area contributed by atoms with Gasteiger partial charge in [0.15, 0.2) is 0 Å². The summed E-state index contributed by atoms with van der Waals surface area (Å²) in [4.78, 5) is 17.2. The van der Waals surface area contributed by atoms with Crippen molar-refractivity contribution in [1.29, 1.82) is 0 Å². The standard InChI is InChI=1S/C21H21F3N2O2/c1-28-17-7-8-19-18(12-17)16(13-25-19)11-20(27)26(10-9-21(22,23)24)14-15-5-3-2-4-6-15/h2-8,12-13,25H,9-11,14H2,1H3. The van der Waals surface area contributed by atoms with Crippen LogP contribution in [0.15, 0.2) is 54.7 Å². The van der Waals surface area contributed by atoms with Gasteiger partial charge in [0.2, 0.25) is 5.91 Å². The molecule has 0 unspecified atom stereocenters. The highest BCUT2D eigenvalue weighted by atomic mass is 19.4. The number of ether oxygens (including phenoxy) is 1. The molecular formula is C21H21F3N2O2. The molecule has 1 heterocycles. The van der Waals surface area contributed by atoms with Gasteiger partial charge in [-0.3, -0.25) is 4.79 Å². The van der Waals surface area contributed by atoms with Crippen LogP contribution < -0.4 is 4.74 Å². The van der Waals surface area contributed by atoms with Crippen LogP contribution in [0.5, 0.6) is 5.75 Å². The van der Waals surface area contributed by atoms with Gasteiger partial charge in [-0.25, -0.2) is 0 Å². The molecule has 148 valence electrons. The van der Waals surface area contributed by atoms with Crippen molar-refractivity contribution in [2.24, 2.45) is 0 Å². The molecule has 0 saturated carbocycles. The molecule has 0 aliphatic heterocycles. The maximum absolute atomic E-state index is 12.8. The molecule has 0 aliphatic carbocycles. The van der Waals surface area contributed by atoms with E-state index in [2.05, 4.69) is 4.98 Å². The second-order valence-corrected chi connectivity index (χ2v) is 6.57. The molecular weight excluding hydrogens is 369 g/mol. The van der Waals surface area contributed by atoms with Crippen LogP contribution in [0.4, 0.5) is 13.2 Å². The van der Waals surface area contributed by atoms with E-state index >= 15 is 0 Å². The fourth-order valence-corrected chi connectivity index (χ4v) is 3.06. The maximum atomic E-state index is 12.8. The predicted octanol–water partition coefficient (Wildman–Crippen LogP) is 4.70. The van der Waals surface area contributed by atoms with Crippen molar-refractivity contribution in [2.45, 2.75) is 25.6 Å². The number of carbonyl (C=O) groups is 1. The largest absolute Gasteiger partial charge is 0.497 e. The Labute approximate surface area is 160 Å². The maximum Gasteiger partial charge on any atom is 0.390 e. The number of alkyl halides is 3. The van der Waals surface area contributed by atoms with Crippen molar-refractivity contribution in [2.75, 3.05) is 13.7 Å². The summed E-state index contributed by atoms with van der Waals surface area (Å²) in [6, 6.07) is 14.5. The van der Waals surface area contributed by atoms with Crippen LogP contribution >= 0.6 is 0 Å². The highest BCUT2D eigenvalue weighted by Crippen LogP contribution is 2.25. The normalized spacial score (nSPS) is 11.6. The summed E-state index contributed by atoms with van der Waals surface area (Å²) in [5.41, 5.74) is 2.36. The highest BCUT2D eigenvalue weighted by Gasteiger charge is 2.29. The topological polar surface area (TPSA) is 45.3 Å². The first-order valence-electron chi connectivity index (χ1n) is 8.88. The zero-order chi connectivity index (χ0) is 20.1. The minimum Gasteiger partial charge on any atom is -0.497 e. The molecule has 3 rings (SSSR count). The van der Waals surface area contributed by atoms with Gasteiger partial charge in [-0.1, -0.05) is 30.3 Å². The number of H-pyrrole nitrogens is 1. The fraction of sp³-hybridized carbons (Fsp3) is 0.286. The van der Waals surface area contributed by atoms with Gasteiger partial charge in [0.1, 0.15) is 5.75 Å². The molecule has 0 atom stereocenters. The van der Waals surface area contributed by atoms with Gasteiger partial charge >= 0.3 is 6.18 Å². The lowest BCUT2D eigenvalue weighted by Crippen LogP contribution is -2.34. The molecule has 0 aliphatic rings. The zero-order valence-electron chi connectivity index (χ0n) is 15.4. The van der Waals surface area contributed by atoms with Gasteiger partial charge in [-0.2, -0.15) is 13.2 Å². The van der Waals surface area contributed by atoms with Crippen LogP contribution in [0.3, 0.4) is 0 Å². The number of rotatable bonds is 7. The van der Waals surface area contributed by atoms with Gasteiger partial charge in [0, 0.05) is 30.2 Å². The number of aromatic amines is 1. The first-order valence-corrected chi connectivity index (χ1v) is 8.88. The van der Waals surface area contributed by atoms with Crippen LogP contribution in [-0.2, 0) is 17.8 Å². The second-order valence-electron chi connectivity index (χ2n) is 6.57. The molecule has 0 bridgehead atoms. The second kappa shape index (κ2) is 8.37. The highest BCUT2D eigenvalue weighted by molar-refractivity contribution is 5.89. The summed E-state index contributed by atoms with van der Waals surface area (Å²) in [5, 5.41) is 0.822. The van der Waals surface area contributed by atoms with Crippen LogP contribution in [0.1, 0.15) is 17.5 Å². The van der Waals surface area contributed by atoms with Crippen molar-refractivity contribution in [3.8, 4) is 5.75 Å². The van der Waals surface area contributed by atoms with E-state index in [9.17, 15) is 18.0 Å². The molecule has 0 spiro atoms. The Balaban J connectivity index is 1.80. The predicted molar refractivity (Wildman–Crippen MR) is 101 cm³/mol. The number of halogens is 3. The van der Waals surface area contributed by atoms with Crippen molar-refractivity contribution in [3.63, 3.8) is 0 Å². The van der Waals surface area contributed by atoms with E-state index in [4.69, 9.17) is 4.74 Å². The average molecular weight is 390 g/mol. The van der Waals surface area contributed by atoms with E-state index in [-0.39, 0.29) is 25.4 Å². The van der Waals surface area contributed by atoms with Gasteiger partial charge in [0.05, 0.1) is 20.0 Å². The van der Waals surface area contributed by atoms with Gasteiger partial charge in [0.25, 0.3) is 0 Å². The molecule has 1 N–H and O–H groups in total. The molecule has 2 aromatic carbocycles. The molecule has 0 saturated heterocycles. The molecule has 3 aromatic rings. The average Bonchev–Trinajstić information content (AvgIpc) is 3.07. The molecule has 1 amide bonds. The Hall–Kier alpha value is -2.96. The zero-order valence-corrected chi connectivity index (χ0v) is 15.4. The van der Waals surface area contributed by atoms with E-state index in [1.54, 1.807) is 43.6 Å². The number of carbonyl (C=O) groups excluding carboxylic acids is 1. The summed E-state index contributed by atoms with van der Waals surface area (Å²) in [7, 11) is 1.55. The van der Waals surface area contributed by atoms with Crippen molar-refractivity contribution in [1.82, 2.24) is 9.88 Å². The SMILES string of the molecule is COc1ccc2[nH]cc(CC(=O)N(CCC(F)(F)F)Cc3ccccc3)c2c1. The number of methoxy groups -OCH3 is 1. The summed E-state index contributed by atoms with van der Waals surface area (Å²) in [5.74, 6) is 0.302. The number of benzene rings is 2. The van der Waals surface area contributed by atoms with Crippen molar-refractivity contribution in [3.05, 3.63) is 65.9 Å². The lowest BCUT2D eigenvalue weighted by molar-refractivity contribution is -0.145. The summed E-state index contributed by atoms with van der Waals surface area (Å²) < 4.78 is 43.4. The lowest BCUT2D eigenvalue weighted by atomic mass is 10.1. The molecule has 0 fully saturated rings. The van der Waals surface area contributed by atoms with Crippen molar-refractivity contribution < 1.29 is 22.7 Å². The monoisotopic (exact) mass is 390 g/mol. The first kappa shape index (κ1) is 19.8. The van der Waals surface area contributed by atoms with Gasteiger partial charge in [-0.05, 0) is 29.3 Å². The van der Waals surface area contributed by atoms with Gasteiger partial charge < -0.3 is 14.6 Å². The minimum absolute atomic E-state index is 0.0118. The van der Waals surface area contributed by atoms with E-state index in [0.717, 1.165) is 22.0 Å². The van der Waals surface area contributed by atoms with E-state index in [1.807, 2.05) is 18.2 Å². The molecule has 0 radical (unpaired) electrons. The number of amides is 1. The Morgan fingerprint density at radius 3 is 2.57 bits per heavy atom. The molecule has 4 nitrogen and oxygen atoms in total. The molecule has 7 heteroatoms. The quantitative estimate of drug-likeness (QED) is 0.636. The van der Waals surface area contributed by atoms with Crippen LogP contribution in [0.25, 0.3) is 10.9 Å². The Kier molecular flexibility index (Phi) is 5.92. The number of hydrogen-bond donors (Lipinski definition) is 1. The fourth-order valence-electron chi connectivity index (χ4n) is 3.06. The number of nitrogens with one attached hydrogen (secondary N) is 1. The molecule has 1 aromatic heterocycles. The van der Waals surface area contributed by atoms with E-state index in [0.29, 0.717) is 5.75 Å². The summed E-state index contributed by atoms with van der Waals surface area (Å²) in [6.45, 7) is -0.232. The van der Waals surface area contributed by atoms with E-state index in [1.165, 1.54) is 4.90 Å². The van der Waals surface area contributed by atoms with Crippen LogP contribution in [0.2, 0.25) is 0 Å². The summed E-state index contributed by atoms with van der Waals surface area (Å²) >= 11 is 0. The number of fused-ring (bicyclic) bond motifs is 1. The van der Waals surface area contributed by atoms with E-state index < -0.39 is 12.6 Å². The Morgan fingerprint density at radius 1 is 1.14 bits per heavy atom. The lowest BCUT2D eigenvalue weighted by Gasteiger charge is -2.23. The third-order valence-electron chi connectivity index (χ3n) is 4.55.